The number of amides is 1. The smallest absolute Gasteiger partial charge is 0.369 e. The van der Waals surface area contributed by atoms with Crippen molar-refractivity contribution in [3.63, 3.8) is 0 Å². The largest absolute Gasteiger partial charge is 0.387 e. The molecule has 0 spiro atoms. The molecule has 2 aliphatic heterocycles. The fourth-order valence-corrected chi connectivity index (χ4v) is 7.57. The van der Waals surface area contributed by atoms with Gasteiger partial charge in [-0.05, 0) is 30.9 Å². The van der Waals surface area contributed by atoms with E-state index in [1.165, 1.54) is 10.9 Å². The summed E-state index contributed by atoms with van der Waals surface area (Å²) in [6.07, 6.45) is -0.0993. The van der Waals surface area contributed by atoms with E-state index in [4.69, 9.17) is 25.8 Å². The Morgan fingerprint density at radius 3 is 2.51 bits per heavy atom. The Kier molecular flexibility index (Phi) is 9.33. The number of methoxy groups -OCH3 is 1. The third-order valence-corrected chi connectivity index (χ3v) is 10.8. The topological polar surface area (TPSA) is 248 Å². The number of rotatable bonds is 12. The maximum Gasteiger partial charge on any atom is 0.369 e. The van der Waals surface area contributed by atoms with Crippen LogP contribution in [0.3, 0.4) is 0 Å². The van der Waals surface area contributed by atoms with Crippen LogP contribution in [0.5, 0.6) is 0 Å². The minimum Gasteiger partial charge on any atom is -0.387 e. The van der Waals surface area contributed by atoms with Crippen molar-refractivity contribution in [3.05, 3.63) is 11.5 Å². The number of fused-ring (bicyclic) bond motifs is 1. The summed E-state index contributed by atoms with van der Waals surface area (Å²) in [7, 11) is -8.99. The van der Waals surface area contributed by atoms with Gasteiger partial charge in [-0.25, -0.2) is 9.40 Å². The van der Waals surface area contributed by atoms with Crippen molar-refractivity contribution in [1.29, 1.82) is 0 Å². The summed E-state index contributed by atoms with van der Waals surface area (Å²) in [5.74, 6) is -1.24. The normalized spacial score (nSPS) is 26.8. The summed E-state index contributed by atoms with van der Waals surface area (Å²) in [6.45, 7) is -1.68. The van der Waals surface area contributed by atoms with Crippen LogP contribution < -0.4 is 10.0 Å². The molecule has 1 amide bonds. The molecule has 0 unspecified atom stereocenters. The van der Waals surface area contributed by atoms with Crippen molar-refractivity contribution < 1.29 is 52.0 Å². The molecule has 0 radical (unpaired) electrons. The standard InChI is InChI=1S/C22H33ClN7O11PS/c1-39-11-22(42(34,35)36,20(33)28-43(37,38)29-7-4-8-29)40-10-14-15(31)16(32)19(41-14)30-18-13(9-24-30)17(26-21(23)27-18)25-12-5-2-3-6-12/h9,12,14-16,19,31-32H,2-8,10-11H2,1H3,(H,28,33)(H,25,26,27)(H2,34,35,36)/t14-,15-,16-,19-,22-/m1/s1. The number of ether oxygens (including phenoxy) is 3. The van der Waals surface area contributed by atoms with E-state index in [2.05, 4.69) is 20.4 Å². The minimum atomic E-state index is -5.60. The van der Waals surface area contributed by atoms with Crippen molar-refractivity contribution in [3.8, 4) is 0 Å². The average Bonchev–Trinajstić information content (AvgIpc) is 3.60. The molecule has 1 aliphatic carbocycles. The second-order valence-electron chi connectivity index (χ2n) is 10.6. The van der Waals surface area contributed by atoms with E-state index >= 15 is 0 Å². The molecule has 3 aliphatic rings. The number of carbonyl (C=O) groups excluding carboxylic acids is 1. The number of anilines is 1. The maximum absolute atomic E-state index is 13.1. The monoisotopic (exact) mass is 669 g/mol. The number of aliphatic hydroxyl groups is 2. The molecule has 2 aromatic heterocycles. The van der Waals surface area contributed by atoms with E-state index in [-0.39, 0.29) is 30.1 Å². The Hall–Kier alpha value is -2.03. The number of aromatic nitrogens is 4. The average molecular weight is 670 g/mol. The lowest BCUT2D eigenvalue weighted by Crippen LogP contribution is -2.58. The van der Waals surface area contributed by atoms with E-state index in [1.807, 2.05) is 0 Å². The van der Waals surface area contributed by atoms with E-state index in [0.717, 1.165) is 37.1 Å². The first-order chi connectivity index (χ1) is 20.3. The van der Waals surface area contributed by atoms with Gasteiger partial charge < -0.3 is 39.5 Å². The quantitative estimate of drug-likeness (QED) is 0.118. The number of nitrogens with zero attached hydrogens (tertiary/aromatic N) is 5. The van der Waals surface area contributed by atoms with E-state index in [0.29, 0.717) is 17.6 Å². The van der Waals surface area contributed by atoms with Gasteiger partial charge in [0.1, 0.15) is 24.1 Å². The van der Waals surface area contributed by atoms with E-state index in [9.17, 15) is 37.8 Å². The molecule has 240 valence electrons. The van der Waals surface area contributed by atoms with Crippen LogP contribution in [0.1, 0.15) is 38.3 Å². The highest BCUT2D eigenvalue weighted by Gasteiger charge is 2.58. The fourth-order valence-electron chi connectivity index (χ4n) is 5.21. The molecular weight excluding hydrogens is 637 g/mol. The number of carbonyl (C=O) groups is 1. The Bertz CT molecular complexity index is 1500. The minimum absolute atomic E-state index is 0.104. The summed E-state index contributed by atoms with van der Waals surface area (Å²) in [5.41, 5.74) is 0.179. The molecule has 6 N–H and O–H groups in total. The first-order valence-corrected chi connectivity index (χ1v) is 16.9. The molecule has 18 nitrogen and oxygen atoms in total. The lowest BCUT2D eigenvalue weighted by atomic mass is 10.1. The van der Waals surface area contributed by atoms with Gasteiger partial charge in [0.05, 0.1) is 24.8 Å². The van der Waals surface area contributed by atoms with Crippen molar-refractivity contribution in [2.75, 3.05) is 38.7 Å². The zero-order chi connectivity index (χ0) is 31.2. The molecule has 2 aromatic rings. The molecule has 43 heavy (non-hydrogen) atoms. The second kappa shape index (κ2) is 12.4. The van der Waals surface area contributed by atoms with Gasteiger partial charge in [0.2, 0.25) is 5.28 Å². The van der Waals surface area contributed by atoms with Crippen molar-refractivity contribution in [2.45, 2.75) is 68.0 Å². The number of hydrogen-bond acceptors (Lipinski definition) is 13. The summed E-state index contributed by atoms with van der Waals surface area (Å²) >= 11 is 6.17. The van der Waals surface area contributed by atoms with E-state index in [1.54, 1.807) is 4.72 Å². The predicted molar refractivity (Wildman–Crippen MR) is 148 cm³/mol. The first-order valence-electron chi connectivity index (χ1n) is 13.5. The number of halogens is 1. The lowest BCUT2D eigenvalue weighted by molar-refractivity contribution is -0.151. The second-order valence-corrected chi connectivity index (χ2v) is 14.4. The Balaban J connectivity index is 1.37. The highest BCUT2D eigenvalue weighted by atomic mass is 35.5. The van der Waals surface area contributed by atoms with Gasteiger partial charge in [-0.3, -0.25) is 9.36 Å². The third kappa shape index (κ3) is 6.26. The highest BCUT2D eigenvalue weighted by molar-refractivity contribution is 7.87. The predicted octanol–water partition coefficient (Wildman–Crippen LogP) is -0.943. The summed E-state index contributed by atoms with van der Waals surface area (Å²) < 4.78 is 57.3. The summed E-state index contributed by atoms with van der Waals surface area (Å²) in [4.78, 5) is 41.8. The highest BCUT2D eigenvalue weighted by Crippen LogP contribution is 2.52. The van der Waals surface area contributed by atoms with Crippen LogP contribution in [0.15, 0.2) is 6.20 Å². The van der Waals surface area contributed by atoms with Gasteiger partial charge in [0, 0.05) is 26.2 Å². The number of aliphatic hydroxyl groups excluding tert-OH is 2. The van der Waals surface area contributed by atoms with Crippen LogP contribution in [0, 0.1) is 0 Å². The van der Waals surface area contributed by atoms with Gasteiger partial charge >= 0.3 is 17.8 Å². The third-order valence-electron chi connectivity index (χ3n) is 7.73. The number of hydrogen-bond donors (Lipinski definition) is 6. The molecule has 21 heteroatoms. The van der Waals surface area contributed by atoms with Crippen molar-refractivity contribution in [2.24, 2.45) is 0 Å². The molecule has 0 aromatic carbocycles. The van der Waals surface area contributed by atoms with Gasteiger partial charge in [-0.2, -0.15) is 27.8 Å². The number of nitrogens with one attached hydrogen (secondary N) is 2. The van der Waals surface area contributed by atoms with Gasteiger partial charge in [-0.15, -0.1) is 0 Å². The van der Waals surface area contributed by atoms with Crippen LogP contribution in [0.2, 0.25) is 5.28 Å². The summed E-state index contributed by atoms with van der Waals surface area (Å²) in [5, 5.41) is 26.4. The molecule has 1 saturated carbocycles. The van der Waals surface area contributed by atoms with Crippen LogP contribution in [0.4, 0.5) is 5.82 Å². The van der Waals surface area contributed by atoms with Crippen LogP contribution in [-0.4, -0.2) is 121 Å². The first kappa shape index (κ1) is 32.4. The lowest BCUT2D eigenvalue weighted by Gasteiger charge is -2.35. The molecule has 5 rings (SSSR count). The van der Waals surface area contributed by atoms with Gasteiger partial charge in [0.15, 0.2) is 11.9 Å². The van der Waals surface area contributed by atoms with Gasteiger partial charge in [0.25, 0.3) is 11.2 Å². The van der Waals surface area contributed by atoms with Crippen LogP contribution >= 0.6 is 19.2 Å². The Labute approximate surface area is 251 Å². The SMILES string of the molecule is COC[C@](OC[C@H]1O[C@@H](n2ncc3c(NC4CCCC4)nc(Cl)nc32)[C@H](O)[C@@H]1O)(C(=O)NS(=O)(=O)N1CCC1)P(=O)(O)O. The molecule has 4 heterocycles. The van der Waals surface area contributed by atoms with Gasteiger partial charge in [-0.1, -0.05) is 12.8 Å². The van der Waals surface area contributed by atoms with Crippen molar-refractivity contribution >= 4 is 52.2 Å². The van der Waals surface area contributed by atoms with E-state index < -0.39 is 66.8 Å². The molecule has 5 atom stereocenters. The molecular formula is C22H33ClN7O11PS. The zero-order valence-corrected chi connectivity index (χ0v) is 25.4. The van der Waals surface area contributed by atoms with Crippen LogP contribution in [-0.2, 0) is 33.8 Å². The zero-order valence-electron chi connectivity index (χ0n) is 22.9. The maximum atomic E-state index is 13.1. The molecule has 0 bridgehead atoms. The fraction of sp³-hybridized carbons (Fsp3) is 0.727. The molecule has 3 fully saturated rings. The molecule has 2 saturated heterocycles. The van der Waals surface area contributed by atoms with Crippen LogP contribution in [0.25, 0.3) is 11.0 Å². The Morgan fingerprint density at radius 1 is 1.21 bits per heavy atom. The Morgan fingerprint density at radius 2 is 1.91 bits per heavy atom. The summed E-state index contributed by atoms with van der Waals surface area (Å²) in [6, 6.07) is 0.189. The van der Waals surface area contributed by atoms with Crippen molar-refractivity contribution in [1.82, 2.24) is 28.8 Å².